The topological polar surface area (TPSA) is 106 Å². The number of nitrogens with zero attached hydrogens (tertiary/aromatic N) is 4. The summed E-state index contributed by atoms with van der Waals surface area (Å²) in [5.41, 5.74) is 0.0612. The summed E-state index contributed by atoms with van der Waals surface area (Å²) >= 11 is 1.84. The Morgan fingerprint density at radius 2 is 1.55 bits per heavy atom. The minimum Gasteiger partial charge on any atom is -0.353 e. The first-order valence-electron chi connectivity index (χ1n) is 15.0. The second-order valence-corrected chi connectivity index (χ2v) is 12.9. The van der Waals surface area contributed by atoms with Gasteiger partial charge in [0.25, 0.3) is 11.5 Å². The number of hydrogen-bond donors (Lipinski definition) is 1. The maximum atomic E-state index is 14.2. The van der Waals surface area contributed by atoms with Gasteiger partial charge in [-0.2, -0.15) is 11.8 Å². The van der Waals surface area contributed by atoms with Gasteiger partial charge < -0.3 is 10.2 Å². The lowest BCUT2D eigenvalue weighted by Crippen LogP contribution is -2.48. The van der Waals surface area contributed by atoms with E-state index in [1.807, 2.05) is 47.0 Å². The van der Waals surface area contributed by atoms with Crippen molar-refractivity contribution in [2.75, 3.05) is 24.6 Å². The van der Waals surface area contributed by atoms with Gasteiger partial charge in [-0.05, 0) is 81.1 Å². The van der Waals surface area contributed by atoms with Crippen LogP contribution >= 0.6 is 11.8 Å². The SMILES string of the molecule is O=C(NC1CCC(n2c(=O)c3cc(F)cnc3n(C3CCSCC3)c2=O)CC1)C1CCN(C(=O)c2ccccc2)CC1. The summed E-state index contributed by atoms with van der Waals surface area (Å²) in [7, 11) is 0. The number of carbonyl (C=O) groups excluding carboxylic acids is 2. The third kappa shape index (κ3) is 5.75. The lowest BCUT2D eigenvalue weighted by Gasteiger charge is -2.34. The Kier molecular flexibility index (Phi) is 8.46. The fourth-order valence-electron chi connectivity index (χ4n) is 6.70. The van der Waals surface area contributed by atoms with Crippen molar-refractivity contribution in [3.63, 3.8) is 0 Å². The average Bonchev–Trinajstić information content (AvgIpc) is 3.03. The van der Waals surface area contributed by atoms with Crippen LogP contribution in [0.3, 0.4) is 0 Å². The molecular formula is C31H36FN5O4S. The molecule has 0 radical (unpaired) electrons. The van der Waals surface area contributed by atoms with Gasteiger partial charge in [0.15, 0.2) is 0 Å². The molecule has 0 unspecified atom stereocenters. The van der Waals surface area contributed by atoms with E-state index in [9.17, 15) is 23.6 Å². The van der Waals surface area contributed by atoms with E-state index in [0.29, 0.717) is 57.2 Å². The molecular weight excluding hydrogens is 557 g/mol. The molecule has 2 aromatic heterocycles. The highest BCUT2D eigenvalue weighted by Gasteiger charge is 2.32. The van der Waals surface area contributed by atoms with Gasteiger partial charge in [-0.3, -0.25) is 23.5 Å². The van der Waals surface area contributed by atoms with Crippen LogP contribution in [-0.2, 0) is 4.79 Å². The van der Waals surface area contributed by atoms with Crippen molar-refractivity contribution in [1.29, 1.82) is 0 Å². The molecule has 1 saturated carbocycles. The quantitative estimate of drug-likeness (QED) is 0.481. The van der Waals surface area contributed by atoms with E-state index in [4.69, 9.17) is 0 Å². The first kappa shape index (κ1) is 28.6. The third-order valence-corrected chi connectivity index (χ3v) is 10.1. The van der Waals surface area contributed by atoms with Gasteiger partial charge in [0.2, 0.25) is 5.91 Å². The molecule has 6 rings (SSSR count). The van der Waals surface area contributed by atoms with Crippen LogP contribution in [-0.4, -0.2) is 61.5 Å². The zero-order valence-electron chi connectivity index (χ0n) is 23.5. The van der Waals surface area contributed by atoms with Crippen molar-refractivity contribution >= 4 is 34.6 Å². The van der Waals surface area contributed by atoms with Crippen LogP contribution in [0.2, 0.25) is 0 Å². The number of pyridine rings is 1. The number of piperidine rings is 1. The molecule has 222 valence electrons. The molecule has 2 saturated heterocycles. The predicted octanol–water partition coefficient (Wildman–Crippen LogP) is 3.92. The number of hydrogen-bond acceptors (Lipinski definition) is 6. The smallest absolute Gasteiger partial charge is 0.333 e. The van der Waals surface area contributed by atoms with Crippen LogP contribution in [0.15, 0.2) is 52.2 Å². The number of likely N-dealkylation sites (tertiary alicyclic amines) is 1. The summed E-state index contributed by atoms with van der Waals surface area (Å²) in [5.74, 6) is 1.10. The van der Waals surface area contributed by atoms with Crippen molar-refractivity contribution < 1.29 is 14.0 Å². The van der Waals surface area contributed by atoms with Gasteiger partial charge in [-0.25, -0.2) is 14.2 Å². The molecule has 0 bridgehead atoms. The summed E-state index contributed by atoms with van der Waals surface area (Å²) in [6, 6.07) is 9.96. The molecule has 11 heteroatoms. The fourth-order valence-corrected chi connectivity index (χ4v) is 7.79. The van der Waals surface area contributed by atoms with E-state index in [-0.39, 0.29) is 52.6 Å². The van der Waals surface area contributed by atoms with E-state index < -0.39 is 11.4 Å². The lowest BCUT2D eigenvalue weighted by atomic mass is 9.89. The molecule has 3 aromatic rings. The van der Waals surface area contributed by atoms with E-state index in [2.05, 4.69) is 10.3 Å². The van der Waals surface area contributed by atoms with Crippen molar-refractivity contribution in [2.45, 2.75) is 69.5 Å². The first-order chi connectivity index (χ1) is 20.4. The molecule has 4 heterocycles. The highest BCUT2D eigenvalue weighted by Crippen LogP contribution is 2.30. The fraction of sp³-hybridized carbons (Fsp3) is 0.516. The highest BCUT2D eigenvalue weighted by atomic mass is 32.2. The Balaban J connectivity index is 1.11. The first-order valence-corrected chi connectivity index (χ1v) is 16.1. The van der Waals surface area contributed by atoms with Crippen LogP contribution in [0, 0.1) is 11.7 Å². The summed E-state index contributed by atoms with van der Waals surface area (Å²) in [6.07, 6.45) is 6.34. The Morgan fingerprint density at radius 3 is 2.24 bits per heavy atom. The van der Waals surface area contributed by atoms with Gasteiger partial charge in [0.1, 0.15) is 11.5 Å². The number of thioether (sulfide) groups is 1. The molecule has 2 aliphatic heterocycles. The van der Waals surface area contributed by atoms with E-state index >= 15 is 0 Å². The van der Waals surface area contributed by atoms with Crippen LogP contribution in [0.1, 0.15) is 73.8 Å². The van der Waals surface area contributed by atoms with E-state index in [0.717, 1.165) is 30.5 Å². The molecule has 1 aliphatic carbocycles. The maximum Gasteiger partial charge on any atom is 0.333 e. The van der Waals surface area contributed by atoms with Crippen LogP contribution < -0.4 is 16.6 Å². The minimum atomic E-state index is -0.600. The molecule has 1 aromatic carbocycles. The molecule has 42 heavy (non-hydrogen) atoms. The largest absolute Gasteiger partial charge is 0.353 e. The second-order valence-electron chi connectivity index (χ2n) is 11.6. The number of aromatic nitrogens is 3. The van der Waals surface area contributed by atoms with E-state index in [1.54, 1.807) is 4.57 Å². The third-order valence-electron chi connectivity index (χ3n) is 9.06. The van der Waals surface area contributed by atoms with Crippen LogP contribution in [0.4, 0.5) is 4.39 Å². The Labute approximate surface area is 247 Å². The molecule has 2 amide bonds. The zero-order valence-corrected chi connectivity index (χ0v) is 24.4. The van der Waals surface area contributed by atoms with Gasteiger partial charge >= 0.3 is 5.69 Å². The maximum absolute atomic E-state index is 14.2. The van der Waals surface area contributed by atoms with Crippen molar-refractivity contribution in [3.05, 3.63) is 74.8 Å². The Morgan fingerprint density at radius 1 is 0.881 bits per heavy atom. The number of carbonyl (C=O) groups is 2. The summed E-state index contributed by atoms with van der Waals surface area (Å²) in [6.45, 7) is 1.09. The zero-order chi connectivity index (χ0) is 29.2. The highest BCUT2D eigenvalue weighted by molar-refractivity contribution is 7.99. The molecule has 1 N–H and O–H groups in total. The van der Waals surface area contributed by atoms with Crippen LogP contribution in [0.25, 0.3) is 11.0 Å². The standard InChI is InChI=1S/C31H36FN5O4S/c32-22-18-26-27(33-19-22)36(25-12-16-42-17-13-25)31(41)37(30(26)40)24-8-6-23(7-9-24)34-28(38)20-10-14-35(15-11-20)29(39)21-4-2-1-3-5-21/h1-5,18-20,23-25H,6-17H2,(H,34,38). The van der Waals surface area contributed by atoms with Gasteiger partial charge in [-0.1, -0.05) is 18.2 Å². The molecule has 0 atom stereocenters. The van der Waals surface area contributed by atoms with Gasteiger partial charge in [0.05, 0.1) is 11.6 Å². The van der Waals surface area contributed by atoms with Crippen molar-refractivity contribution in [2.24, 2.45) is 5.92 Å². The number of amides is 2. The predicted molar refractivity (Wildman–Crippen MR) is 160 cm³/mol. The lowest BCUT2D eigenvalue weighted by molar-refractivity contribution is -0.127. The molecule has 0 spiro atoms. The summed E-state index contributed by atoms with van der Waals surface area (Å²) < 4.78 is 17.1. The number of rotatable bonds is 5. The number of fused-ring (bicyclic) bond motifs is 1. The average molecular weight is 594 g/mol. The monoisotopic (exact) mass is 593 g/mol. The summed E-state index contributed by atoms with van der Waals surface area (Å²) in [5, 5.41) is 3.33. The van der Waals surface area contributed by atoms with Crippen molar-refractivity contribution in [1.82, 2.24) is 24.3 Å². The normalized spacial score (nSPS) is 22.3. The number of nitrogens with one attached hydrogen (secondary N) is 1. The number of benzene rings is 1. The Bertz CT molecular complexity index is 1570. The van der Waals surface area contributed by atoms with Crippen molar-refractivity contribution in [3.8, 4) is 0 Å². The molecule has 9 nitrogen and oxygen atoms in total. The Hall–Kier alpha value is -3.47. The number of halogens is 1. The van der Waals surface area contributed by atoms with Gasteiger partial charge in [0, 0.05) is 42.7 Å². The molecule has 3 fully saturated rings. The van der Waals surface area contributed by atoms with E-state index in [1.165, 1.54) is 10.6 Å². The minimum absolute atomic E-state index is 0.00308. The summed E-state index contributed by atoms with van der Waals surface area (Å²) in [4.78, 5) is 59.2. The van der Waals surface area contributed by atoms with Crippen LogP contribution in [0.5, 0.6) is 0 Å². The second kappa shape index (κ2) is 12.4. The van der Waals surface area contributed by atoms with Gasteiger partial charge in [-0.15, -0.1) is 0 Å². The molecule has 3 aliphatic rings.